The Morgan fingerprint density at radius 1 is 1.27 bits per heavy atom. The molecule has 0 radical (unpaired) electrons. The molecule has 0 aliphatic carbocycles. The molecular weight excluding hydrogens is 468 g/mol. The number of fused-ring (bicyclic) bond motifs is 1. The molecule has 33 heavy (non-hydrogen) atoms. The second kappa shape index (κ2) is 7.84. The highest BCUT2D eigenvalue weighted by Gasteiger charge is 2.65. The average molecular weight is 487 g/mol. The van der Waals surface area contributed by atoms with E-state index in [1.807, 2.05) is 0 Å². The Hall–Kier alpha value is -2.92. The maximum absolute atomic E-state index is 14.7. The first kappa shape index (κ1) is 23.2. The van der Waals surface area contributed by atoms with Crippen LogP contribution in [-0.2, 0) is 4.74 Å². The summed E-state index contributed by atoms with van der Waals surface area (Å²) in [6, 6.07) is 5.51. The Labute approximate surface area is 190 Å². The molecule has 7 nitrogen and oxygen atoms in total. The highest BCUT2D eigenvalue weighted by Crippen LogP contribution is 2.59. The van der Waals surface area contributed by atoms with Crippen molar-refractivity contribution in [3.8, 4) is 5.75 Å². The smallest absolute Gasteiger partial charge is 0.417 e. The van der Waals surface area contributed by atoms with Crippen LogP contribution in [-0.4, -0.2) is 39.7 Å². The zero-order chi connectivity index (χ0) is 24.3. The Bertz CT molecular complexity index is 1250. The number of primary amides is 1. The molecule has 0 unspecified atom stereocenters. The molecule has 12 heteroatoms. The molecule has 4 rings (SSSR count). The van der Waals surface area contributed by atoms with Gasteiger partial charge in [-0.15, -0.1) is 0 Å². The van der Waals surface area contributed by atoms with E-state index in [2.05, 4.69) is 15.0 Å². The van der Waals surface area contributed by atoms with E-state index in [-0.39, 0.29) is 33.5 Å². The molecule has 0 bridgehead atoms. The third kappa shape index (κ3) is 3.59. The van der Waals surface area contributed by atoms with Gasteiger partial charge in [-0.2, -0.15) is 13.2 Å². The number of nitrogens with zero attached hydrogens (tertiary/aromatic N) is 2. The van der Waals surface area contributed by atoms with Gasteiger partial charge in [-0.05, 0) is 25.1 Å². The molecule has 3 N–H and O–H groups in total. The summed E-state index contributed by atoms with van der Waals surface area (Å²) in [5.41, 5.74) is 3.20. The van der Waals surface area contributed by atoms with Crippen molar-refractivity contribution in [2.45, 2.75) is 37.6 Å². The monoisotopic (exact) mass is 486 g/mol. The number of methoxy groups -OCH3 is 1. The van der Waals surface area contributed by atoms with Crippen molar-refractivity contribution in [1.82, 2.24) is 15.0 Å². The number of aromatic nitrogens is 3. The zero-order valence-corrected chi connectivity index (χ0v) is 18.4. The molecule has 3 aromatic rings. The lowest BCUT2D eigenvalue weighted by Gasteiger charge is -2.32. The van der Waals surface area contributed by atoms with Crippen molar-refractivity contribution < 1.29 is 31.8 Å². The summed E-state index contributed by atoms with van der Waals surface area (Å²) in [4.78, 5) is 22.6. The second-order valence-corrected chi connectivity index (χ2v) is 8.40. The van der Waals surface area contributed by atoms with Crippen LogP contribution < -0.4 is 10.5 Å². The summed E-state index contributed by atoms with van der Waals surface area (Å²) in [6.07, 6.45) is -6.01. The van der Waals surface area contributed by atoms with Crippen molar-refractivity contribution in [3.63, 3.8) is 0 Å². The van der Waals surface area contributed by atoms with E-state index in [1.165, 1.54) is 38.3 Å². The standard InChI is InChI=1S/C21H19ClF4N4O3/c1-8-13(9-4-5-10(22)14(23)15(9)32-3)16(33-20(8,2)21(24,25)26)19-29-12-7-6-11(17(27)31)28-18(12)30-19/h4-8,13,16H,1-3H3,(H2,27,31)(H,28,29,30)/t8-,13-,16+,20+/m0/s1. The van der Waals surface area contributed by atoms with Crippen molar-refractivity contribution in [3.05, 3.63) is 52.2 Å². The molecule has 0 spiro atoms. The van der Waals surface area contributed by atoms with Crippen LogP contribution in [0.15, 0.2) is 24.3 Å². The van der Waals surface area contributed by atoms with E-state index in [1.54, 1.807) is 0 Å². The lowest BCUT2D eigenvalue weighted by molar-refractivity contribution is -0.275. The summed E-state index contributed by atoms with van der Waals surface area (Å²) >= 11 is 5.85. The van der Waals surface area contributed by atoms with Gasteiger partial charge in [0, 0.05) is 17.4 Å². The number of carbonyl (C=O) groups excluding carboxylic acids is 1. The largest absolute Gasteiger partial charge is 0.493 e. The van der Waals surface area contributed by atoms with Crippen LogP contribution in [0.5, 0.6) is 5.75 Å². The van der Waals surface area contributed by atoms with E-state index in [0.29, 0.717) is 5.52 Å². The maximum Gasteiger partial charge on any atom is 0.417 e. The summed E-state index contributed by atoms with van der Waals surface area (Å²) in [5, 5.41) is -0.232. The van der Waals surface area contributed by atoms with E-state index in [0.717, 1.165) is 6.92 Å². The van der Waals surface area contributed by atoms with Gasteiger partial charge in [-0.25, -0.2) is 14.4 Å². The predicted molar refractivity (Wildman–Crippen MR) is 111 cm³/mol. The normalized spacial score (nSPS) is 25.5. The summed E-state index contributed by atoms with van der Waals surface area (Å²) in [6.45, 7) is 2.31. The van der Waals surface area contributed by atoms with Crippen molar-refractivity contribution in [2.24, 2.45) is 11.7 Å². The quantitative estimate of drug-likeness (QED) is 0.522. The third-order valence-corrected chi connectivity index (χ3v) is 6.49. The van der Waals surface area contributed by atoms with Gasteiger partial charge in [0.2, 0.25) is 0 Å². The van der Waals surface area contributed by atoms with E-state index < -0.39 is 41.4 Å². The number of aromatic amines is 1. The van der Waals surface area contributed by atoms with Gasteiger partial charge in [-0.1, -0.05) is 24.6 Å². The molecule has 1 aliphatic rings. The number of hydrogen-bond donors (Lipinski definition) is 2. The molecule has 4 atom stereocenters. The number of hydrogen-bond acceptors (Lipinski definition) is 5. The Morgan fingerprint density at radius 3 is 2.58 bits per heavy atom. The lowest BCUT2D eigenvalue weighted by atomic mass is 9.77. The topological polar surface area (TPSA) is 103 Å². The molecule has 3 heterocycles. The highest BCUT2D eigenvalue weighted by molar-refractivity contribution is 6.30. The van der Waals surface area contributed by atoms with Gasteiger partial charge in [0.15, 0.2) is 22.8 Å². The van der Waals surface area contributed by atoms with Crippen molar-refractivity contribution >= 4 is 28.7 Å². The third-order valence-electron chi connectivity index (χ3n) is 6.20. The van der Waals surface area contributed by atoms with Gasteiger partial charge in [0.1, 0.15) is 17.6 Å². The fourth-order valence-corrected chi connectivity index (χ4v) is 4.38. The number of ether oxygens (including phenoxy) is 2. The van der Waals surface area contributed by atoms with Crippen LogP contribution >= 0.6 is 11.6 Å². The van der Waals surface area contributed by atoms with Gasteiger partial charge in [-0.3, -0.25) is 4.79 Å². The first-order valence-electron chi connectivity index (χ1n) is 9.82. The summed E-state index contributed by atoms with van der Waals surface area (Å²) < 4.78 is 67.8. The second-order valence-electron chi connectivity index (χ2n) is 8.00. The summed E-state index contributed by atoms with van der Waals surface area (Å²) in [7, 11) is 1.20. The molecule has 176 valence electrons. The number of nitrogens with one attached hydrogen (secondary N) is 1. The number of nitrogens with two attached hydrogens (primary N) is 1. The average Bonchev–Trinajstić information content (AvgIpc) is 3.28. The van der Waals surface area contributed by atoms with E-state index >= 15 is 0 Å². The van der Waals surface area contributed by atoms with Crippen LogP contribution in [0.25, 0.3) is 11.2 Å². The molecule has 0 saturated carbocycles. The van der Waals surface area contributed by atoms with Crippen LogP contribution in [0.2, 0.25) is 5.02 Å². The molecule has 1 saturated heterocycles. The SMILES string of the molecule is COc1c([C@H]2[C@H](c3nc4nc(C(N)=O)ccc4[nH]3)O[C@@](C)(C(F)(F)F)[C@H]2C)ccc(Cl)c1F. The van der Waals surface area contributed by atoms with Crippen molar-refractivity contribution in [1.29, 1.82) is 0 Å². The van der Waals surface area contributed by atoms with Crippen LogP contribution in [0.4, 0.5) is 17.6 Å². The van der Waals surface area contributed by atoms with Gasteiger partial charge < -0.3 is 20.2 Å². The number of imidazole rings is 1. The Kier molecular flexibility index (Phi) is 5.52. The number of amides is 1. The molecule has 1 aromatic carbocycles. The minimum Gasteiger partial charge on any atom is -0.493 e. The fraction of sp³-hybridized carbons (Fsp3) is 0.381. The number of rotatable bonds is 4. The number of carbonyl (C=O) groups is 1. The molecular formula is C21H19ClF4N4O3. The number of alkyl halides is 3. The number of benzene rings is 1. The Morgan fingerprint density at radius 2 is 1.97 bits per heavy atom. The molecule has 2 aromatic heterocycles. The molecule has 1 amide bonds. The van der Waals surface area contributed by atoms with Crippen molar-refractivity contribution in [2.75, 3.05) is 7.11 Å². The summed E-state index contributed by atoms with van der Waals surface area (Å²) in [5.74, 6) is -4.10. The number of pyridine rings is 1. The minimum absolute atomic E-state index is 0.0290. The number of H-pyrrole nitrogens is 1. The van der Waals surface area contributed by atoms with Crippen LogP contribution in [0, 0.1) is 11.7 Å². The maximum atomic E-state index is 14.7. The molecule has 1 fully saturated rings. The van der Waals surface area contributed by atoms with E-state index in [4.69, 9.17) is 26.8 Å². The van der Waals surface area contributed by atoms with Crippen LogP contribution in [0.3, 0.4) is 0 Å². The zero-order valence-electron chi connectivity index (χ0n) is 17.6. The van der Waals surface area contributed by atoms with Gasteiger partial charge in [0.05, 0.1) is 17.6 Å². The molecule has 1 aliphatic heterocycles. The predicted octanol–water partition coefficient (Wildman–Crippen LogP) is 4.67. The fourth-order valence-electron chi connectivity index (χ4n) is 4.23. The lowest BCUT2D eigenvalue weighted by Crippen LogP contribution is -2.46. The van der Waals surface area contributed by atoms with Gasteiger partial charge >= 0.3 is 6.18 Å². The number of halogens is 5. The first-order valence-corrected chi connectivity index (χ1v) is 10.2. The Balaban J connectivity index is 1.91. The van der Waals surface area contributed by atoms with Gasteiger partial charge in [0.25, 0.3) is 5.91 Å². The van der Waals surface area contributed by atoms with Crippen LogP contribution in [0.1, 0.15) is 47.7 Å². The minimum atomic E-state index is -4.74. The first-order chi connectivity index (χ1) is 15.4. The van der Waals surface area contributed by atoms with E-state index in [9.17, 15) is 22.4 Å². The highest BCUT2D eigenvalue weighted by atomic mass is 35.5.